The summed E-state index contributed by atoms with van der Waals surface area (Å²) >= 11 is 0. The highest BCUT2D eigenvalue weighted by atomic mass is 16.2. The molecule has 4 heteroatoms. The Morgan fingerprint density at radius 2 is 1.76 bits per heavy atom. The summed E-state index contributed by atoms with van der Waals surface area (Å²) in [5.74, 6) is 0.281. The predicted octanol–water partition coefficient (Wildman–Crippen LogP) is 0.683. The molecule has 0 radical (unpaired) electrons. The van der Waals surface area contributed by atoms with Crippen molar-refractivity contribution in [3.63, 3.8) is 0 Å². The molecule has 1 aliphatic carbocycles. The summed E-state index contributed by atoms with van der Waals surface area (Å²) in [6, 6.07) is 0.583. The summed E-state index contributed by atoms with van der Waals surface area (Å²) in [5, 5.41) is 3.43. The minimum absolute atomic E-state index is 0.281. The molecule has 4 nitrogen and oxygen atoms in total. The summed E-state index contributed by atoms with van der Waals surface area (Å²) in [6.45, 7) is 4.34. The number of hydrogen-bond acceptors (Lipinski definition) is 3. The minimum atomic E-state index is 0.281. The lowest BCUT2D eigenvalue weighted by Crippen LogP contribution is -2.50. The molecule has 1 N–H and O–H groups in total. The van der Waals surface area contributed by atoms with Gasteiger partial charge in [0, 0.05) is 32.2 Å². The summed E-state index contributed by atoms with van der Waals surface area (Å²) in [7, 11) is 2.11. The molecule has 0 spiro atoms. The fourth-order valence-electron chi connectivity index (χ4n) is 2.71. The van der Waals surface area contributed by atoms with Gasteiger partial charge in [-0.1, -0.05) is 19.3 Å². The number of carbonyl (C=O) groups excluding carboxylic acids is 1. The van der Waals surface area contributed by atoms with Crippen LogP contribution in [0.5, 0.6) is 0 Å². The van der Waals surface area contributed by atoms with Crippen molar-refractivity contribution in [3.8, 4) is 0 Å². The van der Waals surface area contributed by atoms with Gasteiger partial charge in [-0.3, -0.25) is 4.79 Å². The Hall–Kier alpha value is -0.610. The van der Waals surface area contributed by atoms with E-state index in [1.807, 2.05) is 4.90 Å². The molecule has 0 aromatic rings. The molecule has 1 heterocycles. The van der Waals surface area contributed by atoms with Crippen LogP contribution in [0, 0.1) is 0 Å². The van der Waals surface area contributed by atoms with Crippen LogP contribution >= 0.6 is 0 Å². The molecule has 0 unspecified atom stereocenters. The zero-order valence-electron chi connectivity index (χ0n) is 11.0. The Morgan fingerprint density at radius 3 is 2.41 bits per heavy atom. The topological polar surface area (TPSA) is 35.6 Å². The SMILES string of the molecule is CN1CCN(C(=O)CNC2CCCCC2)CC1. The van der Waals surface area contributed by atoms with Crippen molar-refractivity contribution in [3.05, 3.63) is 0 Å². The standard InChI is InChI=1S/C13H25N3O/c1-15-7-9-16(10-8-15)13(17)11-14-12-5-3-2-4-6-12/h12,14H,2-11H2,1H3. The Morgan fingerprint density at radius 1 is 1.12 bits per heavy atom. The molecular formula is C13H25N3O. The third-order valence-electron chi connectivity index (χ3n) is 4.00. The van der Waals surface area contributed by atoms with Crippen molar-refractivity contribution in [1.29, 1.82) is 0 Å². The van der Waals surface area contributed by atoms with Crippen LogP contribution < -0.4 is 5.32 Å². The van der Waals surface area contributed by atoms with Gasteiger partial charge in [0.15, 0.2) is 0 Å². The van der Waals surface area contributed by atoms with Crippen LogP contribution in [0.2, 0.25) is 0 Å². The lowest BCUT2D eigenvalue weighted by Gasteiger charge is -2.33. The minimum Gasteiger partial charge on any atom is -0.339 e. The van der Waals surface area contributed by atoms with E-state index in [2.05, 4.69) is 17.3 Å². The average molecular weight is 239 g/mol. The van der Waals surface area contributed by atoms with Gasteiger partial charge in [0.25, 0.3) is 0 Å². The molecule has 1 amide bonds. The van der Waals surface area contributed by atoms with Gasteiger partial charge >= 0.3 is 0 Å². The van der Waals surface area contributed by atoms with Gasteiger partial charge in [-0.2, -0.15) is 0 Å². The maximum absolute atomic E-state index is 12.0. The number of rotatable bonds is 3. The van der Waals surface area contributed by atoms with E-state index < -0.39 is 0 Å². The fourth-order valence-corrected chi connectivity index (χ4v) is 2.71. The third-order valence-corrected chi connectivity index (χ3v) is 4.00. The van der Waals surface area contributed by atoms with Crippen LogP contribution in [0.25, 0.3) is 0 Å². The summed E-state index contributed by atoms with van der Waals surface area (Å²) in [5.41, 5.74) is 0. The van der Waals surface area contributed by atoms with Crippen molar-refractivity contribution >= 4 is 5.91 Å². The molecule has 0 aromatic heterocycles. The van der Waals surface area contributed by atoms with Gasteiger partial charge in [-0.15, -0.1) is 0 Å². The zero-order chi connectivity index (χ0) is 12.1. The van der Waals surface area contributed by atoms with E-state index in [1.54, 1.807) is 0 Å². The number of likely N-dealkylation sites (N-methyl/N-ethyl adjacent to an activating group) is 1. The average Bonchev–Trinajstić information content (AvgIpc) is 2.38. The Bertz CT molecular complexity index is 243. The van der Waals surface area contributed by atoms with E-state index >= 15 is 0 Å². The van der Waals surface area contributed by atoms with Gasteiger partial charge < -0.3 is 15.1 Å². The van der Waals surface area contributed by atoms with Crippen LogP contribution in [-0.4, -0.2) is 61.5 Å². The number of nitrogens with one attached hydrogen (secondary N) is 1. The molecule has 2 aliphatic rings. The molecule has 1 saturated heterocycles. The van der Waals surface area contributed by atoms with E-state index in [0.29, 0.717) is 12.6 Å². The second kappa shape index (κ2) is 6.36. The molecular weight excluding hydrogens is 214 g/mol. The lowest BCUT2D eigenvalue weighted by atomic mass is 9.95. The van der Waals surface area contributed by atoms with Gasteiger partial charge in [0.1, 0.15) is 0 Å². The second-order valence-electron chi connectivity index (χ2n) is 5.40. The number of amides is 1. The van der Waals surface area contributed by atoms with Crippen molar-refractivity contribution in [2.45, 2.75) is 38.1 Å². The first-order valence-electron chi connectivity index (χ1n) is 6.95. The first-order valence-corrected chi connectivity index (χ1v) is 6.95. The van der Waals surface area contributed by atoms with E-state index in [-0.39, 0.29) is 5.91 Å². The molecule has 0 aromatic carbocycles. The fraction of sp³-hybridized carbons (Fsp3) is 0.923. The van der Waals surface area contributed by atoms with Gasteiger partial charge in [0.05, 0.1) is 6.54 Å². The normalized spacial score (nSPS) is 23.9. The maximum atomic E-state index is 12.0. The zero-order valence-corrected chi connectivity index (χ0v) is 11.0. The smallest absolute Gasteiger partial charge is 0.236 e. The van der Waals surface area contributed by atoms with Crippen LogP contribution in [0.4, 0.5) is 0 Å². The highest BCUT2D eigenvalue weighted by Gasteiger charge is 2.20. The molecule has 0 atom stereocenters. The number of piperazine rings is 1. The van der Waals surface area contributed by atoms with Crippen LogP contribution in [0.1, 0.15) is 32.1 Å². The van der Waals surface area contributed by atoms with E-state index in [9.17, 15) is 4.79 Å². The molecule has 1 saturated carbocycles. The van der Waals surface area contributed by atoms with Gasteiger partial charge in [-0.05, 0) is 19.9 Å². The third kappa shape index (κ3) is 3.96. The molecule has 98 valence electrons. The first-order chi connectivity index (χ1) is 8.25. The van der Waals surface area contributed by atoms with E-state index in [4.69, 9.17) is 0 Å². The molecule has 2 fully saturated rings. The second-order valence-corrected chi connectivity index (χ2v) is 5.40. The highest BCUT2D eigenvalue weighted by molar-refractivity contribution is 5.78. The number of nitrogens with zero attached hydrogens (tertiary/aromatic N) is 2. The Balaban J connectivity index is 1.66. The van der Waals surface area contributed by atoms with Crippen molar-refractivity contribution in [1.82, 2.24) is 15.1 Å². The molecule has 2 rings (SSSR count). The van der Waals surface area contributed by atoms with E-state index in [0.717, 1.165) is 26.2 Å². The molecule has 0 bridgehead atoms. The van der Waals surface area contributed by atoms with Crippen LogP contribution in [0.15, 0.2) is 0 Å². The van der Waals surface area contributed by atoms with Crippen molar-refractivity contribution in [2.75, 3.05) is 39.8 Å². The quantitative estimate of drug-likeness (QED) is 0.787. The largest absolute Gasteiger partial charge is 0.339 e. The van der Waals surface area contributed by atoms with E-state index in [1.165, 1.54) is 32.1 Å². The summed E-state index contributed by atoms with van der Waals surface area (Å²) in [6.07, 6.45) is 6.50. The van der Waals surface area contributed by atoms with Gasteiger partial charge in [0.2, 0.25) is 5.91 Å². The van der Waals surface area contributed by atoms with Crippen molar-refractivity contribution in [2.24, 2.45) is 0 Å². The first kappa shape index (κ1) is 12.8. The monoisotopic (exact) mass is 239 g/mol. The number of carbonyl (C=O) groups is 1. The van der Waals surface area contributed by atoms with Crippen LogP contribution in [0.3, 0.4) is 0 Å². The maximum Gasteiger partial charge on any atom is 0.236 e. The van der Waals surface area contributed by atoms with Gasteiger partial charge in [-0.25, -0.2) is 0 Å². The molecule has 17 heavy (non-hydrogen) atoms. The van der Waals surface area contributed by atoms with Crippen LogP contribution in [-0.2, 0) is 4.79 Å². The van der Waals surface area contributed by atoms with Crippen molar-refractivity contribution < 1.29 is 4.79 Å². The Labute approximate surface area is 104 Å². The molecule has 1 aliphatic heterocycles. The summed E-state index contributed by atoms with van der Waals surface area (Å²) < 4.78 is 0. The number of hydrogen-bond donors (Lipinski definition) is 1. The highest BCUT2D eigenvalue weighted by Crippen LogP contribution is 2.17. The predicted molar refractivity (Wildman–Crippen MR) is 69.0 cm³/mol. The Kier molecular flexibility index (Phi) is 4.80. The lowest BCUT2D eigenvalue weighted by molar-refractivity contribution is -0.131. The summed E-state index contributed by atoms with van der Waals surface area (Å²) in [4.78, 5) is 16.3.